The predicted molar refractivity (Wildman–Crippen MR) is 180 cm³/mol. The van der Waals surface area contributed by atoms with Gasteiger partial charge in [0, 0.05) is 29.0 Å². The van der Waals surface area contributed by atoms with E-state index in [1.165, 1.54) is 18.7 Å². The molecule has 3 rings (SSSR count). The molecule has 224 valence electrons. The van der Waals surface area contributed by atoms with E-state index >= 15 is 0 Å². The molecule has 0 saturated heterocycles. The van der Waals surface area contributed by atoms with Crippen molar-refractivity contribution in [1.82, 2.24) is 0 Å². The van der Waals surface area contributed by atoms with Gasteiger partial charge in [-0.1, -0.05) is 93.6 Å². The molecule has 0 atom stereocenters. The summed E-state index contributed by atoms with van der Waals surface area (Å²) in [4.78, 5) is 44.8. The Kier molecular flexibility index (Phi) is 11.6. The van der Waals surface area contributed by atoms with Gasteiger partial charge in [-0.15, -0.1) is 11.8 Å². The molecule has 6 heteroatoms. The molecule has 5 nitrogen and oxygen atoms in total. The van der Waals surface area contributed by atoms with Crippen LogP contribution >= 0.6 is 11.8 Å². The minimum absolute atomic E-state index is 0.0305. The van der Waals surface area contributed by atoms with Crippen LogP contribution in [0.1, 0.15) is 92.1 Å². The number of benzene rings is 2. The van der Waals surface area contributed by atoms with Crippen molar-refractivity contribution in [3.8, 4) is 11.1 Å². The Morgan fingerprint density at radius 2 is 1.42 bits per heavy atom. The molecular formula is C37H41NO4S. The Morgan fingerprint density at radius 1 is 0.884 bits per heavy atom. The Bertz CT molecular complexity index is 1560. The Balaban J connectivity index is 2.25. The first kappa shape index (κ1) is 33.5. The average Bonchev–Trinajstić information content (AvgIpc) is 3.25. The lowest BCUT2D eigenvalue weighted by Gasteiger charge is -2.32. The summed E-state index contributed by atoms with van der Waals surface area (Å²) in [5.74, 6) is -0.989. The minimum Gasteiger partial charge on any atom is -0.318 e. The molecule has 0 aliphatic heterocycles. The molecule has 0 fully saturated rings. The fourth-order valence-corrected chi connectivity index (χ4v) is 6.59. The van der Waals surface area contributed by atoms with E-state index in [0.717, 1.165) is 53.5 Å². The first-order valence-electron chi connectivity index (χ1n) is 14.6. The van der Waals surface area contributed by atoms with Crippen molar-refractivity contribution < 1.29 is 19.2 Å². The molecule has 0 saturated carbocycles. The topological polar surface area (TPSA) is 72.8 Å². The quantitative estimate of drug-likeness (QED) is 0.0543. The van der Waals surface area contributed by atoms with Crippen LogP contribution < -0.4 is 0 Å². The van der Waals surface area contributed by atoms with Crippen LogP contribution in [0.4, 0.5) is 0 Å². The monoisotopic (exact) mass is 595 g/mol. The summed E-state index contributed by atoms with van der Waals surface area (Å²) in [6, 6.07) is 11.7. The van der Waals surface area contributed by atoms with Gasteiger partial charge in [-0.3, -0.25) is 9.59 Å². The molecule has 2 aromatic carbocycles. The molecule has 43 heavy (non-hydrogen) atoms. The molecule has 1 aliphatic rings. The first-order chi connectivity index (χ1) is 20.6. The van der Waals surface area contributed by atoms with Crippen LogP contribution in [0, 0.1) is 0 Å². The number of allylic oxidation sites excluding steroid dienone is 8. The number of oxime groups is 1. The molecule has 0 aromatic heterocycles. The molecular weight excluding hydrogens is 554 g/mol. The number of fused-ring (bicyclic) bond motifs is 3. The van der Waals surface area contributed by atoms with Crippen molar-refractivity contribution in [2.45, 2.75) is 65.7 Å². The van der Waals surface area contributed by atoms with Gasteiger partial charge in [0.25, 0.3) is 0 Å². The van der Waals surface area contributed by atoms with Crippen LogP contribution in [0.5, 0.6) is 0 Å². The van der Waals surface area contributed by atoms with E-state index in [1.54, 1.807) is 36.4 Å². The zero-order valence-electron chi connectivity index (χ0n) is 26.1. The summed E-state index contributed by atoms with van der Waals surface area (Å²) in [5, 5.41) is 4.01. The van der Waals surface area contributed by atoms with Crippen LogP contribution in [0.2, 0.25) is 0 Å². The summed E-state index contributed by atoms with van der Waals surface area (Å²) in [5.41, 5.74) is 6.44. The van der Waals surface area contributed by atoms with Crippen LogP contribution in [0.15, 0.2) is 101 Å². The molecule has 1 aliphatic carbocycles. The number of ketones is 2. The van der Waals surface area contributed by atoms with Crippen molar-refractivity contribution in [2.24, 2.45) is 5.16 Å². The summed E-state index contributed by atoms with van der Waals surface area (Å²) in [7, 11) is 0. The SMILES string of the molecule is C=C/C=C(\SC)C(=O)c1ccc2c(c1)C(CCC)(CCC)c1cc(C(=O)C(=N/OC(C)=O)/C(=C/C)C(/C)=C\C=C)ccc1-2. The van der Waals surface area contributed by atoms with Gasteiger partial charge >= 0.3 is 5.97 Å². The number of hydrogen-bond donors (Lipinski definition) is 0. The Labute approximate surface area is 260 Å². The van der Waals surface area contributed by atoms with Crippen LogP contribution in [-0.2, 0) is 15.0 Å². The second-order valence-corrected chi connectivity index (χ2v) is 11.4. The molecule has 2 aromatic rings. The van der Waals surface area contributed by atoms with Gasteiger partial charge in [0.15, 0.2) is 11.5 Å². The largest absolute Gasteiger partial charge is 0.332 e. The number of thioether (sulfide) groups is 1. The lowest BCUT2D eigenvalue weighted by Crippen LogP contribution is -2.26. The molecule has 0 unspecified atom stereocenters. The lowest BCUT2D eigenvalue weighted by molar-refractivity contribution is -0.140. The van der Waals surface area contributed by atoms with Gasteiger partial charge in [-0.05, 0) is 79.0 Å². The zero-order valence-corrected chi connectivity index (χ0v) is 26.9. The maximum Gasteiger partial charge on any atom is 0.332 e. The van der Waals surface area contributed by atoms with Crippen LogP contribution in [0.3, 0.4) is 0 Å². The Hall–Kier alpha value is -4.03. The molecule has 0 spiro atoms. The Morgan fingerprint density at radius 3 is 1.86 bits per heavy atom. The van der Waals surface area contributed by atoms with Crippen molar-refractivity contribution in [1.29, 1.82) is 0 Å². The normalized spacial score (nSPS) is 14.6. The third kappa shape index (κ3) is 6.80. The van der Waals surface area contributed by atoms with Gasteiger partial charge in [-0.25, -0.2) is 4.79 Å². The second-order valence-electron chi connectivity index (χ2n) is 10.5. The highest BCUT2D eigenvalue weighted by molar-refractivity contribution is 8.03. The van der Waals surface area contributed by atoms with E-state index in [1.807, 2.05) is 50.4 Å². The van der Waals surface area contributed by atoms with Gasteiger partial charge in [-0.2, -0.15) is 0 Å². The highest BCUT2D eigenvalue weighted by Gasteiger charge is 2.42. The number of nitrogens with zero attached hydrogens (tertiary/aromatic N) is 1. The number of Topliss-reactive ketones (excluding diaryl/α,β-unsaturated/α-hetero) is 2. The van der Waals surface area contributed by atoms with Crippen molar-refractivity contribution in [3.63, 3.8) is 0 Å². The first-order valence-corrected chi connectivity index (χ1v) is 15.8. The number of carbonyl (C=O) groups is 3. The van der Waals surface area contributed by atoms with E-state index in [0.29, 0.717) is 21.6 Å². The van der Waals surface area contributed by atoms with E-state index < -0.39 is 5.97 Å². The van der Waals surface area contributed by atoms with E-state index in [-0.39, 0.29) is 22.7 Å². The van der Waals surface area contributed by atoms with Gasteiger partial charge in [0.2, 0.25) is 5.78 Å². The van der Waals surface area contributed by atoms with E-state index in [4.69, 9.17) is 4.84 Å². The number of hydrogen-bond acceptors (Lipinski definition) is 6. The van der Waals surface area contributed by atoms with Crippen LogP contribution in [0.25, 0.3) is 11.1 Å². The predicted octanol–water partition coefficient (Wildman–Crippen LogP) is 9.35. The third-order valence-electron chi connectivity index (χ3n) is 7.77. The number of rotatable bonds is 14. The fraction of sp³-hybridized carbons (Fsp3) is 0.297. The van der Waals surface area contributed by atoms with E-state index in [9.17, 15) is 14.4 Å². The maximum absolute atomic E-state index is 14.1. The number of carbonyl (C=O) groups excluding carboxylic acids is 3. The lowest BCUT2D eigenvalue weighted by atomic mass is 9.71. The maximum atomic E-state index is 14.1. The average molecular weight is 596 g/mol. The highest BCUT2D eigenvalue weighted by Crippen LogP contribution is 2.54. The second kappa shape index (κ2) is 14.9. The van der Waals surface area contributed by atoms with E-state index in [2.05, 4.69) is 32.2 Å². The van der Waals surface area contributed by atoms with Gasteiger partial charge in [0.05, 0.1) is 4.91 Å². The van der Waals surface area contributed by atoms with Crippen LogP contribution in [-0.4, -0.2) is 29.5 Å². The molecule has 0 radical (unpaired) electrons. The zero-order chi connectivity index (χ0) is 31.7. The molecule has 0 amide bonds. The minimum atomic E-state index is -0.613. The smallest absolute Gasteiger partial charge is 0.318 e. The van der Waals surface area contributed by atoms with Gasteiger partial charge < -0.3 is 4.84 Å². The molecule has 0 bridgehead atoms. The fourth-order valence-electron chi connectivity index (χ4n) is 6.06. The standard InChI is InChI=1S/C37H41NO4S/c1-9-14-24(6)28(13-5)34(38-42-25(7)39)36(41)27-17-19-30-29-18-16-26(35(40)33(43-8)15-10-2)22-31(29)37(20-11-3,21-12-4)32(30)23-27/h9-10,13-19,22-23H,1-2,11-12,20-21H2,3-8H3/b24-14-,28-13+,33-15-,38-34+. The summed E-state index contributed by atoms with van der Waals surface area (Å²) in [6.45, 7) is 16.8. The summed E-state index contributed by atoms with van der Waals surface area (Å²) >= 11 is 1.41. The van der Waals surface area contributed by atoms with Crippen molar-refractivity contribution in [3.05, 3.63) is 118 Å². The third-order valence-corrected chi connectivity index (χ3v) is 8.53. The van der Waals surface area contributed by atoms with Crippen molar-refractivity contribution in [2.75, 3.05) is 6.26 Å². The molecule has 0 heterocycles. The van der Waals surface area contributed by atoms with Gasteiger partial charge in [0.1, 0.15) is 0 Å². The molecule has 0 N–H and O–H groups in total. The van der Waals surface area contributed by atoms with Crippen molar-refractivity contribution >= 4 is 35.0 Å². The summed E-state index contributed by atoms with van der Waals surface area (Å²) in [6.07, 6.45) is 14.0. The summed E-state index contributed by atoms with van der Waals surface area (Å²) < 4.78 is 0. The highest BCUT2D eigenvalue weighted by atomic mass is 32.2.